The van der Waals surface area contributed by atoms with Gasteiger partial charge in [0, 0.05) is 0 Å². The van der Waals surface area contributed by atoms with Gasteiger partial charge >= 0.3 is 0 Å². The molecule has 94 valence electrons. The van der Waals surface area contributed by atoms with Crippen LogP contribution in [0.5, 0.6) is 0 Å². The Morgan fingerprint density at radius 2 is 2.24 bits per heavy atom. The van der Waals surface area contributed by atoms with Crippen LogP contribution in [0.25, 0.3) is 0 Å². The summed E-state index contributed by atoms with van der Waals surface area (Å²) in [6.07, 6.45) is -3.26. The van der Waals surface area contributed by atoms with Crippen LogP contribution in [0.1, 0.15) is 16.8 Å². The fraction of sp³-hybridized carbons (Fsp3) is 0.625. The van der Waals surface area contributed by atoms with Crippen LogP contribution in [0.3, 0.4) is 0 Å². The summed E-state index contributed by atoms with van der Waals surface area (Å²) in [7, 11) is 0. The average molecular weight is 244 g/mol. The van der Waals surface area contributed by atoms with Gasteiger partial charge in [-0.1, -0.05) is 0 Å². The number of aliphatic hydroxyl groups is 3. The first-order chi connectivity index (χ1) is 8.04. The number of aliphatic hydroxyl groups excluding tert-OH is 3. The highest BCUT2D eigenvalue weighted by Gasteiger charge is 2.43. The van der Waals surface area contributed by atoms with Gasteiger partial charge in [0.25, 0.3) is 5.91 Å². The van der Waals surface area contributed by atoms with Crippen LogP contribution < -0.4 is 5.73 Å². The Labute approximate surface area is 95.4 Å². The van der Waals surface area contributed by atoms with Crippen molar-refractivity contribution in [1.82, 2.24) is 14.8 Å². The minimum atomic E-state index is -1.27. The van der Waals surface area contributed by atoms with Crippen LogP contribution in [0.15, 0.2) is 6.33 Å². The van der Waals surface area contributed by atoms with Crippen LogP contribution in [-0.4, -0.2) is 60.9 Å². The molecule has 0 saturated carbocycles. The molecule has 0 aliphatic carbocycles. The summed E-state index contributed by atoms with van der Waals surface area (Å²) in [5.41, 5.74) is 4.97. The number of carbonyl (C=O) groups excluding carboxylic acids is 1. The summed E-state index contributed by atoms with van der Waals surface area (Å²) in [6.45, 7) is -0.438. The zero-order valence-electron chi connectivity index (χ0n) is 8.67. The quantitative estimate of drug-likeness (QED) is 0.443. The third-order valence-electron chi connectivity index (χ3n) is 2.51. The first kappa shape index (κ1) is 11.9. The van der Waals surface area contributed by atoms with Gasteiger partial charge in [-0.25, -0.2) is 9.67 Å². The molecule has 1 saturated heterocycles. The zero-order chi connectivity index (χ0) is 12.6. The van der Waals surface area contributed by atoms with Crippen molar-refractivity contribution in [2.45, 2.75) is 24.5 Å². The van der Waals surface area contributed by atoms with Gasteiger partial charge < -0.3 is 25.8 Å². The molecular formula is C8H12N4O5. The topological polar surface area (TPSA) is 144 Å². The molecule has 2 heterocycles. The van der Waals surface area contributed by atoms with E-state index in [1.807, 2.05) is 0 Å². The Bertz CT molecular complexity index is 422. The van der Waals surface area contributed by atoms with E-state index in [1.165, 1.54) is 0 Å². The van der Waals surface area contributed by atoms with Crippen molar-refractivity contribution in [2.75, 3.05) is 6.61 Å². The van der Waals surface area contributed by atoms with E-state index in [2.05, 4.69) is 10.1 Å². The van der Waals surface area contributed by atoms with Crippen LogP contribution >= 0.6 is 0 Å². The molecule has 0 radical (unpaired) electrons. The Balaban J connectivity index is 2.19. The lowest BCUT2D eigenvalue weighted by molar-refractivity contribution is -0.0588. The van der Waals surface area contributed by atoms with Crippen LogP contribution in [0.2, 0.25) is 0 Å². The smallest absolute Gasteiger partial charge is 0.288 e. The molecule has 1 fully saturated rings. The van der Waals surface area contributed by atoms with Crippen molar-refractivity contribution in [3.8, 4) is 0 Å². The van der Waals surface area contributed by atoms with E-state index in [4.69, 9.17) is 15.6 Å². The first-order valence-electron chi connectivity index (χ1n) is 4.88. The molecule has 9 nitrogen and oxygen atoms in total. The minimum absolute atomic E-state index is 0.220. The predicted octanol–water partition coefficient (Wildman–Crippen LogP) is -3.01. The third-order valence-corrected chi connectivity index (χ3v) is 2.51. The van der Waals surface area contributed by atoms with E-state index in [-0.39, 0.29) is 5.82 Å². The molecule has 4 atom stereocenters. The predicted molar refractivity (Wildman–Crippen MR) is 51.5 cm³/mol. The number of aromatic nitrogens is 3. The molecule has 0 unspecified atom stereocenters. The lowest BCUT2D eigenvalue weighted by Gasteiger charge is -2.13. The largest absolute Gasteiger partial charge is 0.394 e. The normalized spacial score (nSPS) is 32.9. The molecule has 1 amide bonds. The molecule has 1 aliphatic heterocycles. The Morgan fingerprint density at radius 3 is 2.71 bits per heavy atom. The molecule has 9 heteroatoms. The molecule has 0 spiro atoms. The van der Waals surface area contributed by atoms with Crippen molar-refractivity contribution in [1.29, 1.82) is 0 Å². The van der Waals surface area contributed by atoms with E-state index < -0.39 is 37.1 Å². The van der Waals surface area contributed by atoms with E-state index in [9.17, 15) is 15.0 Å². The van der Waals surface area contributed by atoms with Gasteiger partial charge in [0.2, 0.25) is 5.82 Å². The highest BCUT2D eigenvalue weighted by atomic mass is 16.6. The number of nitrogens with two attached hydrogens (primary N) is 1. The molecule has 0 aromatic carbocycles. The lowest BCUT2D eigenvalue weighted by atomic mass is 10.1. The summed E-state index contributed by atoms with van der Waals surface area (Å²) < 4.78 is 6.25. The maximum Gasteiger partial charge on any atom is 0.288 e. The van der Waals surface area contributed by atoms with Crippen LogP contribution in [0, 0.1) is 0 Å². The number of rotatable bonds is 3. The van der Waals surface area contributed by atoms with Crippen molar-refractivity contribution < 1.29 is 24.9 Å². The number of hydrogen-bond acceptors (Lipinski definition) is 7. The maximum absolute atomic E-state index is 10.8. The Kier molecular flexibility index (Phi) is 3.07. The summed E-state index contributed by atoms with van der Waals surface area (Å²) in [5.74, 6) is -1.03. The third kappa shape index (κ3) is 2.00. The molecule has 2 rings (SSSR count). The summed E-state index contributed by atoms with van der Waals surface area (Å²) in [6, 6.07) is 0. The monoisotopic (exact) mass is 244 g/mol. The highest BCUT2D eigenvalue weighted by molar-refractivity contribution is 5.88. The highest BCUT2D eigenvalue weighted by Crippen LogP contribution is 2.28. The molecule has 1 aromatic heterocycles. The van der Waals surface area contributed by atoms with Crippen molar-refractivity contribution in [2.24, 2.45) is 5.73 Å². The molecule has 17 heavy (non-hydrogen) atoms. The number of primary amides is 1. The minimum Gasteiger partial charge on any atom is -0.394 e. The van der Waals surface area contributed by atoms with Gasteiger partial charge in [-0.2, -0.15) is 0 Å². The maximum atomic E-state index is 10.8. The van der Waals surface area contributed by atoms with Gasteiger partial charge in [-0.15, -0.1) is 5.10 Å². The number of hydrogen-bond donors (Lipinski definition) is 4. The number of carbonyl (C=O) groups is 1. The van der Waals surface area contributed by atoms with Gasteiger partial charge in [-0.3, -0.25) is 4.79 Å². The van der Waals surface area contributed by atoms with Crippen LogP contribution in [-0.2, 0) is 4.74 Å². The van der Waals surface area contributed by atoms with Gasteiger partial charge in [0.15, 0.2) is 6.23 Å². The SMILES string of the molecule is NC(=O)c1ncn([C@@H]2O[C@@H](CO)[C@H](O)[C@@H]2O)n1. The number of ether oxygens (including phenoxy) is 1. The van der Waals surface area contributed by atoms with Crippen molar-refractivity contribution in [3.63, 3.8) is 0 Å². The average Bonchev–Trinajstić information content (AvgIpc) is 2.87. The Morgan fingerprint density at radius 1 is 1.53 bits per heavy atom. The fourth-order valence-corrected chi connectivity index (χ4v) is 1.61. The van der Waals surface area contributed by atoms with Gasteiger partial charge in [0.05, 0.1) is 6.61 Å². The second kappa shape index (κ2) is 4.37. The van der Waals surface area contributed by atoms with E-state index in [0.29, 0.717) is 0 Å². The van der Waals surface area contributed by atoms with Gasteiger partial charge in [-0.05, 0) is 0 Å². The molecular weight excluding hydrogens is 232 g/mol. The summed E-state index contributed by atoms with van der Waals surface area (Å²) >= 11 is 0. The number of amides is 1. The van der Waals surface area contributed by atoms with Gasteiger partial charge in [0.1, 0.15) is 24.6 Å². The van der Waals surface area contributed by atoms with E-state index in [0.717, 1.165) is 11.0 Å². The van der Waals surface area contributed by atoms with E-state index >= 15 is 0 Å². The summed E-state index contributed by atoms with van der Waals surface area (Å²) in [5, 5.41) is 31.8. The Hall–Kier alpha value is -1.55. The molecule has 0 bridgehead atoms. The van der Waals surface area contributed by atoms with E-state index in [1.54, 1.807) is 0 Å². The van der Waals surface area contributed by atoms with Crippen molar-refractivity contribution in [3.05, 3.63) is 12.2 Å². The molecule has 1 aliphatic rings. The first-order valence-corrected chi connectivity index (χ1v) is 4.88. The fourth-order valence-electron chi connectivity index (χ4n) is 1.61. The second-order valence-electron chi connectivity index (χ2n) is 3.64. The zero-order valence-corrected chi connectivity index (χ0v) is 8.67. The second-order valence-corrected chi connectivity index (χ2v) is 3.64. The van der Waals surface area contributed by atoms with Crippen molar-refractivity contribution >= 4 is 5.91 Å². The summed E-state index contributed by atoms with van der Waals surface area (Å²) in [4.78, 5) is 14.4. The molecule has 5 N–H and O–H groups in total. The number of nitrogens with zero attached hydrogens (tertiary/aromatic N) is 3. The standard InChI is InChI=1S/C8H12N4O5/c9-6(16)7-10-2-12(11-7)8-5(15)4(14)3(1-13)17-8/h2-5,8,13-15H,1H2,(H2,9,16)/t3-,4-,5-,8+/m0/s1. The van der Waals surface area contributed by atoms with Crippen LogP contribution in [0.4, 0.5) is 0 Å². The molecule has 1 aromatic rings. The lowest BCUT2D eigenvalue weighted by Crippen LogP contribution is -2.33.